The van der Waals surface area contributed by atoms with Crippen LogP contribution in [0.5, 0.6) is 0 Å². The smallest absolute Gasteiger partial charge is 0.266 e. The Morgan fingerprint density at radius 2 is 2.11 bits per heavy atom. The molecule has 0 unspecified atom stereocenters. The molecule has 0 aliphatic carbocycles. The van der Waals surface area contributed by atoms with E-state index >= 15 is 0 Å². The van der Waals surface area contributed by atoms with E-state index in [1.54, 1.807) is 6.07 Å². The van der Waals surface area contributed by atoms with Gasteiger partial charge in [0.05, 0.1) is 5.69 Å². The first-order valence-electron chi connectivity index (χ1n) is 5.75. The number of hydrogen-bond acceptors (Lipinski definition) is 3. The van der Waals surface area contributed by atoms with Crippen LogP contribution in [0.15, 0.2) is 39.6 Å². The van der Waals surface area contributed by atoms with E-state index in [0.717, 1.165) is 22.2 Å². The van der Waals surface area contributed by atoms with Gasteiger partial charge in [-0.2, -0.15) is 5.10 Å². The lowest BCUT2D eigenvalue weighted by Crippen LogP contribution is -2.21. The Labute approximate surface area is 114 Å². The molecule has 0 aliphatic heterocycles. The van der Waals surface area contributed by atoms with Crippen molar-refractivity contribution >= 4 is 21.6 Å². The molecular formula is C13H14BrN3O. The summed E-state index contributed by atoms with van der Waals surface area (Å²) in [5, 5.41) is 4.34. The Morgan fingerprint density at radius 1 is 1.33 bits per heavy atom. The lowest BCUT2D eigenvalue weighted by molar-refractivity contribution is 0.570. The molecule has 2 aromatic rings. The molecule has 1 heterocycles. The van der Waals surface area contributed by atoms with E-state index in [4.69, 9.17) is 5.73 Å². The van der Waals surface area contributed by atoms with Crippen LogP contribution in [0.25, 0.3) is 11.3 Å². The number of nitrogens with zero attached hydrogens (tertiary/aromatic N) is 2. The van der Waals surface area contributed by atoms with Crippen molar-refractivity contribution < 1.29 is 0 Å². The minimum Gasteiger partial charge on any atom is -0.398 e. The van der Waals surface area contributed by atoms with Gasteiger partial charge in [-0.05, 0) is 40.5 Å². The Kier molecular flexibility index (Phi) is 3.81. The SMILES string of the molecule is CCCn1nc(-c2ccc(Br)c(N)c2)ccc1=O. The fourth-order valence-corrected chi connectivity index (χ4v) is 1.92. The van der Waals surface area contributed by atoms with E-state index in [9.17, 15) is 4.79 Å². The molecule has 2 rings (SSSR count). The molecule has 18 heavy (non-hydrogen) atoms. The molecule has 0 saturated heterocycles. The number of aromatic nitrogens is 2. The molecule has 2 N–H and O–H groups in total. The predicted molar refractivity (Wildman–Crippen MR) is 76.3 cm³/mol. The third-order valence-electron chi connectivity index (χ3n) is 2.59. The summed E-state index contributed by atoms with van der Waals surface area (Å²) in [6.07, 6.45) is 0.874. The van der Waals surface area contributed by atoms with Gasteiger partial charge < -0.3 is 5.73 Å². The summed E-state index contributed by atoms with van der Waals surface area (Å²) in [6.45, 7) is 2.64. The monoisotopic (exact) mass is 307 g/mol. The average molecular weight is 308 g/mol. The number of rotatable bonds is 3. The fourth-order valence-electron chi connectivity index (χ4n) is 1.68. The van der Waals surface area contributed by atoms with Crippen molar-refractivity contribution in [3.63, 3.8) is 0 Å². The van der Waals surface area contributed by atoms with Crippen LogP contribution < -0.4 is 11.3 Å². The lowest BCUT2D eigenvalue weighted by Gasteiger charge is -2.07. The molecule has 94 valence electrons. The molecule has 1 aromatic carbocycles. The summed E-state index contributed by atoms with van der Waals surface area (Å²) in [5.41, 5.74) is 8.07. The summed E-state index contributed by atoms with van der Waals surface area (Å²) < 4.78 is 2.33. The third-order valence-corrected chi connectivity index (χ3v) is 3.32. The largest absolute Gasteiger partial charge is 0.398 e. The van der Waals surface area contributed by atoms with Gasteiger partial charge in [0.1, 0.15) is 0 Å². The summed E-state index contributed by atoms with van der Waals surface area (Å²) in [7, 11) is 0. The number of halogens is 1. The van der Waals surface area contributed by atoms with Crippen LogP contribution in [0.3, 0.4) is 0 Å². The van der Waals surface area contributed by atoms with Crippen molar-refractivity contribution in [1.29, 1.82) is 0 Å². The van der Waals surface area contributed by atoms with Crippen LogP contribution in [0.1, 0.15) is 13.3 Å². The molecular weight excluding hydrogens is 294 g/mol. The van der Waals surface area contributed by atoms with Crippen LogP contribution in [0, 0.1) is 0 Å². The number of anilines is 1. The molecule has 0 saturated carbocycles. The third kappa shape index (κ3) is 2.61. The normalized spacial score (nSPS) is 10.6. The van der Waals surface area contributed by atoms with Gasteiger partial charge in [0, 0.05) is 28.3 Å². The van der Waals surface area contributed by atoms with Crippen LogP contribution in [-0.4, -0.2) is 9.78 Å². The van der Waals surface area contributed by atoms with Gasteiger partial charge in [0.2, 0.25) is 0 Å². The summed E-state index contributed by atoms with van der Waals surface area (Å²) in [6, 6.07) is 8.89. The highest BCUT2D eigenvalue weighted by Gasteiger charge is 2.04. The van der Waals surface area contributed by atoms with Crippen LogP contribution in [0.2, 0.25) is 0 Å². The second-order valence-electron chi connectivity index (χ2n) is 4.02. The predicted octanol–water partition coefficient (Wildman–Crippen LogP) is 2.67. The maximum atomic E-state index is 11.6. The van der Waals surface area contributed by atoms with Crippen molar-refractivity contribution in [2.24, 2.45) is 0 Å². The van der Waals surface area contributed by atoms with Crippen LogP contribution in [-0.2, 0) is 6.54 Å². The van der Waals surface area contributed by atoms with E-state index in [0.29, 0.717) is 12.2 Å². The summed E-state index contributed by atoms with van der Waals surface area (Å²) in [5.74, 6) is 0. The fraction of sp³-hybridized carbons (Fsp3) is 0.231. The number of nitrogens with two attached hydrogens (primary N) is 1. The molecule has 0 aliphatic rings. The highest BCUT2D eigenvalue weighted by Crippen LogP contribution is 2.25. The second-order valence-corrected chi connectivity index (χ2v) is 4.87. The standard InChI is InChI=1S/C13H14BrN3O/c1-2-7-17-13(18)6-5-12(16-17)9-3-4-10(14)11(15)8-9/h3-6,8H,2,7,15H2,1H3. The van der Waals surface area contributed by atoms with Crippen LogP contribution >= 0.6 is 15.9 Å². The van der Waals surface area contributed by atoms with E-state index < -0.39 is 0 Å². The molecule has 4 nitrogen and oxygen atoms in total. The van der Waals surface area contributed by atoms with E-state index in [2.05, 4.69) is 21.0 Å². The zero-order chi connectivity index (χ0) is 13.1. The molecule has 0 atom stereocenters. The minimum absolute atomic E-state index is 0.0781. The molecule has 0 spiro atoms. The van der Waals surface area contributed by atoms with Crippen molar-refractivity contribution in [2.75, 3.05) is 5.73 Å². The zero-order valence-electron chi connectivity index (χ0n) is 10.1. The maximum absolute atomic E-state index is 11.6. The molecule has 0 amide bonds. The van der Waals surface area contributed by atoms with Gasteiger partial charge in [-0.3, -0.25) is 4.79 Å². The van der Waals surface area contributed by atoms with Gasteiger partial charge in [0.15, 0.2) is 0 Å². The van der Waals surface area contributed by atoms with E-state index in [1.165, 1.54) is 10.7 Å². The van der Waals surface area contributed by atoms with E-state index in [-0.39, 0.29) is 5.56 Å². The van der Waals surface area contributed by atoms with Gasteiger partial charge in [0.25, 0.3) is 5.56 Å². The highest BCUT2D eigenvalue weighted by atomic mass is 79.9. The van der Waals surface area contributed by atoms with E-state index in [1.807, 2.05) is 25.1 Å². The van der Waals surface area contributed by atoms with Gasteiger partial charge in [-0.1, -0.05) is 13.0 Å². The number of hydrogen-bond donors (Lipinski definition) is 1. The molecule has 0 fully saturated rings. The zero-order valence-corrected chi connectivity index (χ0v) is 11.6. The second kappa shape index (κ2) is 5.35. The Balaban J connectivity index is 2.47. The van der Waals surface area contributed by atoms with Crippen LogP contribution in [0.4, 0.5) is 5.69 Å². The van der Waals surface area contributed by atoms with Gasteiger partial charge >= 0.3 is 0 Å². The average Bonchev–Trinajstić information content (AvgIpc) is 2.36. The van der Waals surface area contributed by atoms with Gasteiger partial charge in [-0.25, -0.2) is 4.68 Å². The molecule has 0 radical (unpaired) electrons. The summed E-state index contributed by atoms with van der Waals surface area (Å²) in [4.78, 5) is 11.6. The van der Waals surface area contributed by atoms with Crippen molar-refractivity contribution in [3.8, 4) is 11.3 Å². The first kappa shape index (κ1) is 12.8. The number of aryl methyl sites for hydroxylation is 1. The Bertz CT molecular complexity index is 622. The topological polar surface area (TPSA) is 60.9 Å². The summed E-state index contributed by atoms with van der Waals surface area (Å²) >= 11 is 3.35. The van der Waals surface area contributed by atoms with Gasteiger partial charge in [-0.15, -0.1) is 0 Å². The van der Waals surface area contributed by atoms with Crippen molar-refractivity contribution in [3.05, 3.63) is 45.2 Å². The quantitative estimate of drug-likeness (QED) is 0.887. The minimum atomic E-state index is -0.0781. The lowest BCUT2D eigenvalue weighted by atomic mass is 10.1. The number of nitrogen functional groups attached to an aromatic ring is 1. The Morgan fingerprint density at radius 3 is 2.78 bits per heavy atom. The highest BCUT2D eigenvalue weighted by molar-refractivity contribution is 9.10. The molecule has 1 aromatic heterocycles. The maximum Gasteiger partial charge on any atom is 0.266 e. The first-order valence-corrected chi connectivity index (χ1v) is 6.54. The van der Waals surface area contributed by atoms with Crippen molar-refractivity contribution in [2.45, 2.75) is 19.9 Å². The molecule has 0 bridgehead atoms. The Hall–Kier alpha value is -1.62. The molecule has 5 heteroatoms. The first-order chi connectivity index (χ1) is 8.61. The number of benzene rings is 1. The van der Waals surface area contributed by atoms with Crippen molar-refractivity contribution in [1.82, 2.24) is 9.78 Å².